The summed E-state index contributed by atoms with van der Waals surface area (Å²) in [5, 5.41) is 6.65. The van der Waals surface area contributed by atoms with Crippen molar-refractivity contribution < 1.29 is 65.4 Å². The van der Waals surface area contributed by atoms with Crippen LogP contribution >= 0.6 is 92.8 Å². The quantitative estimate of drug-likeness (QED) is 0.122. The monoisotopic (exact) mass is 1090 g/mol. The minimum absolute atomic E-state index is 0. The molecular formula is C48H43Cl8NY2-2. The van der Waals surface area contributed by atoms with Crippen LogP contribution in [0, 0.1) is 81.4 Å². The average molecular weight is 1100 g/mol. The molecule has 0 spiro atoms. The zero-order valence-corrected chi connectivity index (χ0v) is 45.5. The van der Waals surface area contributed by atoms with Gasteiger partial charge < -0.3 is 4.57 Å². The fourth-order valence-corrected chi connectivity index (χ4v) is 9.99. The van der Waals surface area contributed by atoms with Gasteiger partial charge in [-0.3, -0.25) is 0 Å². The van der Waals surface area contributed by atoms with E-state index in [9.17, 15) is 0 Å². The Morgan fingerprint density at radius 3 is 1.03 bits per heavy atom. The Hall–Kier alpha value is -0.352. The molecule has 0 bridgehead atoms. The molecule has 0 saturated heterocycles. The summed E-state index contributed by atoms with van der Waals surface area (Å²) in [6, 6.07) is 23.2. The van der Waals surface area contributed by atoms with Gasteiger partial charge in [0.25, 0.3) is 0 Å². The first-order valence-corrected chi connectivity index (χ1v) is 21.0. The molecule has 0 saturated carbocycles. The molecule has 7 aromatic rings. The second kappa shape index (κ2) is 21.1. The standard InChI is InChI=1S/C37H27Cl6N.C10H12Cl2.CH4.2Y/c1-17-15-18(2)32(39)28(31(17)38)27(29-33(40)19(3)16-20(4)34(29)41)30-35(42)21(5)37(22(6)36(30)43)44-25-13-9-7-11-23(25)24-12-8-10-14-26(24)44;1-5-6(2)9(11)8(4)10(12)7(5)3;;;/h7-14,27H,1-6H3;1-4H3;1H4;;/q-2;;;;. The summed E-state index contributed by atoms with van der Waals surface area (Å²) in [6.45, 7) is 19.7. The molecule has 2 radical (unpaired) electrons. The van der Waals surface area contributed by atoms with Crippen LogP contribution in [0.5, 0.6) is 0 Å². The molecule has 1 heterocycles. The molecule has 1 nitrogen and oxygen atoms in total. The van der Waals surface area contributed by atoms with Crippen molar-refractivity contribution in [1.29, 1.82) is 0 Å². The van der Waals surface area contributed by atoms with Crippen molar-refractivity contribution in [3.8, 4) is 5.69 Å². The van der Waals surface area contributed by atoms with E-state index in [2.05, 4.69) is 53.1 Å². The third-order valence-corrected chi connectivity index (χ3v) is 15.0. The largest absolute Gasteiger partial charge is 0.309 e. The van der Waals surface area contributed by atoms with Crippen LogP contribution in [0.4, 0.5) is 0 Å². The van der Waals surface area contributed by atoms with E-state index in [1.54, 1.807) is 0 Å². The van der Waals surface area contributed by atoms with E-state index in [0.717, 1.165) is 87.6 Å². The maximum Gasteiger partial charge on any atom is 0.0550 e. The summed E-state index contributed by atoms with van der Waals surface area (Å²) < 4.78 is 2.24. The summed E-state index contributed by atoms with van der Waals surface area (Å²) in [7, 11) is 0. The van der Waals surface area contributed by atoms with Crippen molar-refractivity contribution in [3.05, 3.63) is 173 Å². The minimum atomic E-state index is -0.682. The summed E-state index contributed by atoms with van der Waals surface area (Å²) in [4.78, 5) is 0. The number of aromatic nitrogens is 1. The van der Waals surface area contributed by atoms with Crippen LogP contribution in [0.1, 0.15) is 85.7 Å². The molecule has 0 fully saturated rings. The number of para-hydroxylation sites is 2. The molecule has 11 heteroatoms. The summed E-state index contributed by atoms with van der Waals surface area (Å²) >= 11 is 55.4. The van der Waals surface area contributed by atoms with Crippen LogP contribution < -0.4 is 0 Å². The van der Waals surface area contributed by atoms with E-state index in [-0.39, 0.29) is 72.8 Å². The zero-order chi connectivity index (χ0) is 41.2. The van der Waals surface area contributed by atoms with Crippen LogP contribution in [0.2, 0.25) is 40.2 Å². The number of aryl methyl sites for hydroxylation is 4. The number of benzene rings is 6. The molecule has 0 amide bonds. The Morgan fingerprint density at radius 2 is 0.695 bits per heavy atom. The number of fused-ring (bicyclic) bond motifs is 3. The van der Waals surface area contributed by atoms with Crippen LogP contribution in [0.25, 0.3) is 27.5 Å². The number of nitrogens with zero attached hydrogens (tertiary/aromatic N) is 1. The van der Waals surface area contributed by atoms with Gasteiger partial charge in [0.05, 0.1) is 26.8 Å². The van der Waals surface area contributed by atoms with Crippen molar-refractivity contribution in [1.82, 2.24) is 4.57 Å². The Balaban J connectivity index is 0.000000537. The molecule has 0 atom stereocenters. The topological polar surface area (TPSA) is 4.93 Å². The van der Waals surface area contributed by atoms with Crippen LogP contribution in [0.15, 0.2) is 48.5 Å². The number of hydrogen-bond donors (Lipinski definition) is 0. The molecule has 7 rings (SSSR count). The van der Waals surface area contributed by atoms with Crippen molar-refractivity contribution >= 4 is 115 Å². The average Bonchev–Trinajstić information content (AvgIpc) is 3.50. The van der Waals surface area contributed by atoms with Gasteiger partial charge in [-0.25, -0.2) is 0 Å². The van der Waals surface area contributed by atoms with E-state index in [0.29, 0.717) is 46.8 Å². The SMILES string of the molecule is C.Cc1[c-]c(C)c(Cl)c(C(c2c(Cl)c(C)[c-]c(C)c2Cl)c2c(Cl)c(C)c(-n3c4ccccc4c4ccccc43)c(C)c2Cl)c1Cl.Cc1c(C)c(Cl)c(C)c(Cl)c1C.[Y].[Y]. The molecule has 59 heavy (non-hydrogen) atoms. The van der Waals surface area contributed by atoms with Gasteiger partial charge in [-0.1, -0.05) is 138 Å². The maximum absolute atomic E-state index is 7.47. The number of hydrogen-bond acceptors (Lipinski definition) is 0. The summed E-state index contributed by atoms with van der Waals surface area (Å²) in [5.74, 6) is -0.682. The molecule has 0 aliphatic rings. The van der Waals surface area contributed by atoms with Gasteiger partial charge in [0.1, 0.15) is 0 Å². The van der Waals surface area contributed by atoms with E-state index >= 15 is 0 Å². The normalized spacial score (nSPS) is 11.0. The molecule has 1 aromatic heterocycles. The third kappa shape index (κ3) is 9.42. The Morgan fingerprint density at radius 1 is 0.390 bits per heavy atom. The van der Waals surface area contributed by atoms with Gasteiger partial charge >= 0.3 is 0 Å². The van der Waals surface area contributed by atoms with Crippen LogP contribution in [0.3, 0.4) is 0 Å². The van der Waals surface area contributed by atoms with Gasteiger partial charge in [0, 0.05) is 86.2 Å². The van der Waals surface area contributed by atoms with Gasteiger partial charge in [-0.05, 0) is 98.5 Å². The molecule has 6 aromatic carbocycles. The second-order valence-electron chi connectivity index (χ2n) is 14.4. The Bertz CT molecular complexity index is 2450. The van der Waals surface area contributed by atoms with Gasteiger partial charge in [0.2, 0.25) is 0 Å². The van der Waals surface area contributed by atoms with Gasteiger partial charge in [0.15, 0.2) is 0 Å². The van der Waals surface area contributed by atoms with Crippen molar-refractivity contribution in [2.45, 2.75) is 82.6 Å². The maximum atomic E-state index is 7.47. The first-order valence-electron chi connectivity index (χ1n) is 18.0. The van der Waals surface area contributed by atoms with Gasteiger partial charge in [-0.15, -0.1) is 33.4 Å². The van der Waals surface area contributed by atoms with Crippen LogP contribution in [-0.2, 0) is 65.4 Å². The molecule has 0 unspecified atom stereocenters. The third-order valence-electron chi connectivity index (χ3n) is 11.0. The van der Waals surface area contributed by atoms with E-state index < -0.39 is 5.92 Å². The minimum Gasteiger partial charge on any atom is -0.309 e. The van der Waals surface area contributed by atoms with E-state index in [4.69, 9.17) is 92.8 Å². The van der Waals surface area contributed by atoms with Gasteiger partial charge in [-0.2, -0.15) is 58.5 Å². The zero-order valence-electron chi connectivity index (χ0n) is 33.8. The first-order chi connectivity index (χ1) is 26.3. The number of halogens is 8. The predicted molar refractivity (Wildman–Crippen MR) is 253 cm³/mol. The number of rotatable bonds is 4. The molecule has 0 aliphatic heterocycles. The molecule has 0 aliphatic carbocycles. The summed E-state index contributed by atoms with van der Waals surface area (Å²) in [6.07, 6.45) is 0. The van der Waals surface area contributed by atoms with Crippen molar-refractivity contribution in [3.63, 3.8) is 0 Å². The molecular weight excluding hydrogens is 1050 g/mol. The van der Waals surface area contributed by atoms with E-state index in [1.807, 2.05) is 81.4 Å². The summed E-state index contributed by atoms with van der Waals surface area (Å²) in [5.41, 5.74) is 14.1. The fourth-order valence-electron chi connectivity index (χ4n) is 7.73. The Kier molecular flexibility index (Phi) is 18.9. The molecule has 304 valence electrons. The van der Waals surface area contributed by atoms with Crippen molar-refractivity contribution in [2.24, 2.45) is 0 Å². The van der Waals surface area contributed by atoms with Crippen molar-refractivity contribution in [2.75, 3.05) is 0 Å². The second-order valence-corrected chi connectivity index (χ2v) is 17.4. The van der Waals surface area contributed by atoms with E-state index in [1.165, 1.54) is 5.56 Å². The fraction of sp³-hybridized carbons (Fsp3) is 0.250. The molecule has 0 N–H and O–H groups in total. The predicted octanol–water partition coefficient (Wildman–Crippen LogP) is 18.2. The van der Waals surface area contributed by atoms with Crippen LogP contribution in [-0.4, -0.2) is 4.57 Å². The first kappa shape index (κ1) is 53.0. The smallest absolute Gasteiger partial charge is 0.0550 e. The Labute approximate surface area is 440 Å².